The second-order valence-corrected chi connectivity index (χ2v) is 15.7. The summed E-state index contributed by atoms with van der Waals surface area (Å²) in [5, 5.41) is 0. The molecule has 0 aliphatic heterocycles. The number of ether oxygens (including phenoxy) is 4. The van der Waals surface area contributed by atoms with E-state index < -0.39 is 0 Å². The fraction of sp³-hybridized carbons (Fsp3) is 1.00. The standard InChI is InChI=1S/C25H52O4Si2/c1-22(2,3)26-20(27-23(4,5)6)15-13-17-30-19-31-18-14-16-21(28-24(7,8)9)29-25(10,11)12/h20-21H,13-19H2,1-12H3. The number of rotatable bonds is 14. The highest BCUT2D eigenvalue weighted by Crippen LogP contribution is 2.23. The molecule has 0 N–H and O–H groups in total. The molecule has 0 atom stereocenters. The van der Waals surface area contributed by atoms with Crippen LogP contribution in [0.15, 0.2) is 0 Å². The Bertz CT molecular complexity index is 382. The van der Waals surface area contributed by atoms with Gasteiger partial charge < -0.3 is 18.9 Å². The fourth-order valence-corrected chi connectivity index (χ4v) is 5.94. The van der Waals surface area contributed by atoms with Crippen LogP contribution in [0.2, 0.25) is 17.8 Å². The largest absolute Gasteiger partial charge is 0.347 e. The van der Waals surface area contributed by atoms with Crippen molar-refractivity contribution in [1.29, 1.82) is 0 Å². The lowest BCUT2D eigenvalue weighted by molar-refractivity contribution is -0.236. The highest BCUT2D eigenvalue weighted by Gasteiger charge is 2.25. The van der Waals surface area contributed by atoms with Gasteiger partial charge in [0.1, 0.15) is 0 Å². The number of hydrogen-bond acceptors (Lipinski definition) is 4. The quantitative estimate of drug-likeness (QED) is 0.154. The van der Waals surface area contributed by atoms with Crippen LogP contribution >= 0.6 is 0 Å². The molecular formula is C25H52O4Si2. The van der Waals surface area contributed by atoms with Crippen molar-refractivity contribution in [2.45, 2.75) is 162 Å². The summed E-state index contributed by atoms with van der Waals surface area (Å²) >= 11 is 0. The molecule has 0 aromatic carbocycles. The Morgan fingerprint density at radius 1 is 0.484 bits per heavy atom. The molecule has 0 unspecified atom stereocenters. The summed E-state index contributed by atoms with van der Waals surface area (Å²) in [5.41, 5.74) is 0.640. The van der Waals surface area contributed by atoms with E-state index in [-0.39, 0.29) is 35.0 Å². The van der Waals surface area contributed by atoms with Crippen molar-refractivity contribution in [2.75, 3.05) is 0 Å². The van der Waals surface area contributed by atoms with Gasteiger partial charge in [0, 0.05) is 19.0 Å². The first-order valence-electron chi connectivity index (χ1n) is 12.0. The van der Waals surface area contributed by atoms with Crippen LogP contribution in [0.5, 0.6) is 0 Å². The lowest BCUT2D eigenvalue weighted by atomic mass is 10.1. The van der Waals surface area contributed by atoms with E-state index in [0.29, 0.717) is 0 Å². The first kappa shape index (κ1) is 31.3. The lowest BCUT2D eigenvalue weighted by Gasteiger charge is -2.32. The molecular weight excluding hydrogens is 420 g/mol. The molecule has 0 fully saturated rings. The minimum absolute atomic E-state index is 0.116. The third-order valence-corrected chi connectivity index (χ3v) is 7.19. The minimum Gasteiger partial charge on any atom is -0.347 e. The van der Waals surface area contributed by atoms with Gasteiger partial charge in [-0.15, -0.1) is 0 Å². The lowest BCUT2D eigenvalue weighted by Crippen LogP contribution is -2.35. The maximum atomic E-state index is 6.12. The minimum atomic E-state index is -0.176. The highest BCUT2D eigenvalue weighted by molar-refractivity contribution is 6.55. The molecule has 0 aromatic rings. The zero-order valence-corrected chi connectivity index (χ0v) is 24.7. The maximum absolute atomic E-state index is 6.12. The molecule has 4 nitrogen and oxygen atoms in total. The average molecular weight is 473 g/mol. The van der Waals surface area contributed by atoms with Crippen molar-refractivity contribution in [3.8, 4) is 0 Å². The normalized spacial score (nSPS) is 14.1. The topological polar surface area (TPSA) is 36.9 Å². The van der Waals surface area contributed by atoms with Crippen molar-refractivity contribution in [2.24, 2.45) is 0 Å². The van der Waals surface area contributed by atoms with E-state index in [9.17, 15) is 0 Å². The van der Waals surface area contributed by atoms with Crippen LogP contribution in [0.25, 0.3) is 0 Å². The SMILES string of the molecule is CC(C)(C)OC(CCC[Si]C[Si]CCCC(OC(C)(C)C)OC(C)(C)C)OC(C)(C)C. The van der Waals surface area contributed by atoms with Gasteiger partial charge in [0.2, 0.25) is 0 Å². The van der Waals surface area contributed by atoms with Crippen molar-refractivity contribution in [3.63, 3.8) is 0 Å². The Kier molecular flexibility index (Phi) is 14.0. The molecule has 0 aromatic heterocycles. The van der Waals surface area contributed by atoms with E-state index in [4.69, 9.17) is 18.9 Å². The predicted octanol–water partition coefficient (Wildman–Crippen LogP) is 7.08. The molecule has 184 valence electrons. The van der Waals surface area contributed by atoms with Gasteiger partial charge >= 0.3 is 0 Å². The maximum Gasteiger partial charge on any atom is 0.158 e. The Labute approximate surface area is 199 Å². The van der Waals surface area contributed by atoms with Gasteiger partial charge in [0.15, 0.2) is 12.6 Å². The Morgan fingerprint density at radius 3 is 0.968 bits per heavy atom. The molecule has 0 amide bonds. The summed E-state index contributed by atoms with van der Waals surface area (Å²) in [6, 6.07) is 2.54. The van der Waals surface area contributed by atoms with E-state index in [1.54, 1.807) is 0 Å². The van der Waals surface area contributed by atoms with E-state index >= 15 is 0 Å². The number of hydrogen-bond donors (Lipinski definition) is 0. The Balaban J connectivity index is 4.06. The van der Waals surface area contributed by atoms with E-state index in [1.807, 2.05) is 0 Å². The Morgan fingerprint density at radius 2 is 0.742 bits per heavy atom. The van der Waals surface area contributed by atoms with Crippen LogP contribution in [-0.2, 0) is 18.9 Å². The van der Waals surface area contributed by atoms with Crippen LogP contribution in [0.4, 0.5) is 0 Å². The third kappa shape index (κ3) is 23.2. The first-order valence-corrected chi connectivity index (χ1v) is 14.8. The average Bonchev–Trinajstić information content (AvgIpc) is 2.46. The van der Waals surface area contributed by atoms with E-state index in [0.717, 1.165) is 31.9 Å². The molecule has 31 heavy (non-hydrogen) atoms. The first-order chi connectivity index (χ1) is 13.9. The second-order valence-electron chi connectivity index (χ2n) is 12.2. The van der Waals surface area contributed by atoms with E-state index in [1.165, 1.54) is 30.6 Å². The van der Waals surface area contributed by atoms with Gasteiger partial charge in [0.05, 0.1) is 22.4 Å². The molecule has 0 bridgehead atoms. The van der Waals surface area contributed by atoms with Crippen molar-refractivity contribution >= 4 is 19.0 Å². The summed E-state index contributed by atoms with van der Waals surface area (Å²) in [7, 11) is 2.07. The van der Waals surface area contributed by atoms with Crippen molar-refractivity contribution in [1.82, 2.24) is 0 Å². The zero-order valence-electron chi connectivity index (χ0n) is 22.7. The van der Waals surface area contributed by atoms with Gasteiger partial charge in [-0.05, 0) is 95.9 Å². The van der Waals surface area contributed by atoms with Crippen molar-refractivity contribution in [3.05, 3.63) is 0 Å². The summed E-state index contributed by atoms with van der Waals surface area (Å²) in [6.45, 7) is 25.1. The molecule has 0 saturated carbocycles. The fourth-order valence-electron chi connectivity index (χ4n) is 2.91. The van der Waals surface area contributed by atoms with Gasteiger partial charge in [-0.25, -0.2) is 0 Å². The molecule has 0 rings (SSSR count). The molecule has 0 spiro atoms. The van der Waals surface area contributed by atoms with Crippen LogP contribution in [0, 0.1) is 0 Å². The third-order valence-electron chi connectivity index (χ3n) is 3.78. The van der Waals surface area contributed by atoms with Gasteiger partial charge in [-0.2, -0.15) is 0 Å². The van der Waals surface area contributed by atoms with Crippen LogP contribution in [-0.4, -0.2) is 54.0 Å². The molecule has 0 heterocycles. The Hall–Kier alpha value is 0.274. The second kappa shape index (κ2) is 13.9. The van der Waals surface area contributed by atoms with Crippen LogP contribution < -0.4 is 0 Å². The van der Waals surface area contributed by atoms with E-state index in [2.05, 4.69) is 83.1 Å². The van der Waals surface area contributed by atoms with Gasteiger partial charge in [-0.1, -0.05) is 30.6 Å². The summed E-state index contributed by atoms with van der Waals surface area (Å²) in [4.78, 5) is 0. The predicted molar refractivity (Wildman–Crippen MR) is 135 cm³/mol. The molecule has 6 heteroatoms. The monoisotopic (exact) mass is 472 g/mol. The smallest absolute Gasteiger partial charge is 0.158 e. The summed E-state index contributed by atoms with van der Waals surface area (Å²) < 4.78 is 24.5. The van der Waals surface area contributed by atoms with Crippen LogP contribution in [0.1, 0.15) is 109 Å². The molecule has 0 aliphatic rings. The van der Waals surface area contributed by atoms with Crippen molar-refractivity contribution < 1.29 is 18.9 Å². The molecule has 0 aliphatic carbocycles. The zero-order chi connectivity index (χ0) is 24.3. The van der Waals surface area contributed by atoms with Gasteiger partial charge in [0.25, 0.3) is 0 Å². The molecule has 0 saturated heterocycles. The molecule has 4 radical (unpaired) electrons. The summed E-state index contributed by atoms with van der Waals surface area (Å²) in [5.74, 6) is 0. The summed E-state index contributed by atoms with van der Waals surface area (Å²) in [6.07, 6.45) is 4.05. The van der Waals surface area contributed by atoms with Crippen LogP contribution in [0.3, 0.4) is 0 Å². The van der Waals surface area contributed by atoms with Gasteiger partial charge in [-0.3, -0.25) is 0 Å². The highest BCUT2D eigenvalue weighted by atomic mass is 28.3.